The Hall–Kier alpha value is -3.00. The van der Waals surface area contributed by atoms with Crippen LogP contribution in [-0.4, -0.2) is 67.7 Å². The molecule has 0 aromatic carbocycles. The Balaban J connectivity index is 1.55. The van der Waals surface area contributed by atoms with Crippen molar-refractivity contribution in [3.63, 3.8) is 0 Å². The van der Waals surface area contributed by atoms with Crippen molar-refractivity contribution >= 4 is 5.91 Å². The van der Waals surface area contributed by atoms with Crippen LogP contribution in [0.2, 0.25) is 0 Å². The fourth-order valence-electron chi connectivity index (χ4n) is 3.97. The predicted octanol–water partition coefficient (Wildman–Crippen LogP) is 2.79. The van der Waals surface area contributed by atoms with E-state index in [1.54, 1.807) is 29.4 Å². The number of rotatable bonds is 6. The summed E-state index contributed by atoms with van der Waals surface area (Å²) in [5, 5.41) is 4.39. The summed E-state index contributed by atoms with van der Waals surface area (Å²) in [6.45, 7) is 9.75. The second-order valence-corrected chi connectivity index (χ2v) is 7.19. The molecule has 0 N–H and O–H groups in total. The highest BCUT2D eigenvalue weighted by molar-refractivity contribution is 5.95. The largest absolute Gasteiger partial charge is 0.463 e. The van der Waals surface area contributed by atoms with Crippen LogP contribution in [0.3, 0.4) is 0 Å². The first-order valence-corrected chi connectivity index (χ1v) is 10.1. The topological polar surface area (TPSA) is 80.3 Å². The van der Waals surface area contributed by atoms with Crippen molar-refractivity contribution in [3.8, 4) is 17.4 Å². The summed E-state index contributed by atoms with van der Waals surface area (Å²) >= 11 is 0. The molecule has 1 fully saturated rings. The molecule has 1 atom stereocenters. The van der Waals surface area contributed by atoms with Crippen LogP contribution in [-0.2, 0) is 0 Å². The molecule has 0 bridgehead atoms. The van der Waals surface area contributed by atoms with Gasteiger partial charge in [0.1, 0.15) is 5.69 Å². The smallest absolute Gasteiger partial charge is 0.257 e. The lowest BCUT2D eigenvalue weighted by Crippen LogP contribution is -2.38. The number of nitrogens with zero attached hydrogens (tertiary/aromatic N) is 6. The van der Waals surface area contributed by atoms with E-state index in [0.717, 1.165) is 38.3 Å². The number of amides is 1. The predicted molar refractivity (Wildman–Crippen MR) is 109 cm³/mol. The molecule has 1 saturated heterocycles. The standard InChI is InChI=1S/C21H26N6O2/c1-4-25(5-2)16-9-11-26(14-16)20(28)17-13-23-27(15(17)3)21-22-10-8-18(24-21)19-7-6-12-29-19/h6-8,10,12-13,16H,4-5,9,11,14H2,1-3H3/t16-/m0/s1. The van der Waals surface area contributed by atoms with Gasteiger partial charge in [0.05, 0.1) is 23.7 Å². The zero-order chi connectivity index (χ0) is 20.4. The molecule has 1 aliphatic rings. The van der Waals surface area contributed by atoms with E-state index in [4.69, 9.17) is 4.42 Å². The number of likely N-dealkylation sites (tertiary alicyclic amines) is 1. The first-order chi connectivity index (χ1) is 14.1. The fourth-order valence-corrected chi connectivity index (χ4v) is 3.97. The highest BCUT2D eigenvalue weighted by atomic mass is 16.3. The van der Waals surface area contributed by atoms with Gasteiger partial charge in [-0.3, -0.25) is 9.69 Å². The molecule has 29 heavy (non-hydrogen) atoms. The number of carbonyl (C=O) groups is 1. The molecule has 0 saturated carbocycles. The van der Waals surface area contributed by atoms with Gasteiger partial charge in [0.2, 0.25) is 0 Å². The monoisotopic (exact) mass is 394 g/mol. The maximum atomic E-state index is 13.1. The molecule has 4 heterocycles. The lowest BCUT2D eigenvalue weighted by Gasteiger charge is -2.26. The lowest BCUT2D eigenvalue weighted by atomic mass is 10.2. The molecular formula is C21H26N6O2. The van der Waals surface area contributed by atoms with Gasteiger partial charge in [0.25, 0.3) is 11.9 Å². The minimum Gasteiger partial charge on any atom is -0.463 e. The minimum atomic E-state index is 0.0191. The van der Waals surface area contributed by atoms with Crippen LogP contribution in [0.4, 0.5) is 0 Å². The third-order valence-corrected chi connectivity index (χ3v) is 5.63. The fraction of sp³-hybridized carbons (Fsp3) is 0.429. The molecule has 1 amide bonds. The van der Waals surface area contributed by atoms with E-state index in [9.17, 15) is 4.79 Å². The van der Waals surface area contributed by atoms with Crippen LogP contribution < -0.4 is 0 Å². The summed E-state index contributed by atoms with van der Waals surface area (Å²) < 4.78 is 7.02. The Labute approximate surface area is 170 Å². The Kier molecular flexibility index (Phi) is 5.44. The number of carbonyl (C=O) groups excluding carboxylic acids is 1. The summed E-state index contributed by atoms with van der Waals surface area (Å²) in [4.78, 5) is 26.3. The zero-order valence-corrected chi connectivity index (χ0v) is 17.1. The van der Waals surface area contributed by atoms with E-state index in [-0.39, 0.29) is 5.91 Å². The average molecular weight is 394 g/mol. The molecule has 3 aromatic heterocycles. The number of hydrogen-bond donors (Lipinski definition) is 0. The molecule has 8 nitrogen and oxygen atoms in total. The highest BCUT2D eigenvalue weighted by Crippen LogP contribution is 2.22. The van der Waals surface area contributed by atoms with Gasteiger partial charge in [-0.15, -0.1) is 0 Å². The molecule has 0 radical (unpaired) electrons. The van der Waals surface area contributed by atoms with E-state index >= 15 is 0 Å². The molecular weight excluding hydrogens is 368 g/mol. The second kappa shape index (κ2) is 8.16. The maximum absolute atomic E-state index is 13.1. The summed E-state index contributed by atoms with van der Waals surface area (Å²) in [6, 6.07) is 5.87. The van der Waals surface area contributed by atoms with E-state index in [2.05, 4.69) is 33.8 Å². The van der Waals surface area contributed by atoms with Crippen molar-refractivity contribution in [2.24, 2.45) is 0 Å². The molecule has 0 unspecified atom stereocenters. The van der Waals surface area contributed by atoms with E-state index < -0.39 is 0 Å². The summed E-state index contributed by atoms with van der Waals surface area (Å²) in [6.07, 6.45) is 5.90. The van der Waals surface area contributed by atoms with Crippen LogP contribution in [0.25, 0.3) is 17.4 Å². The molecule has 0 spiro atoms. The van der Waals surface area contributed by atoms with Crippen molar-refractivity contribution in [2.75, 3.05) is 26.2 Å². The highest BCUT2D eigenvalue weighted by Gasteiger charge is 2.31. The van der Waals surface area contributed by atoms with Crippen molar-refractivity contribution < 1.29 is 9.21 Å². The number of likely N-dealkylation sites (N-methyl/N-ethyl adjacent to an activating group) is 1. The minimum absolute atomic E-state index is 0.0191. The molecule has 0 aliphatic carbocycles. The maximum Gasteiger partial charge on any atom is 0.257 e. The van der Waals surface area contributed by atoms with Gasteiger partial charge in [0.15, 0.2) is 5.76 Å². The molecule has 4 rings (SSSR count). The lowest BCUT2D eigenvalue weighted by molar-refractivity contribution is 0.0777. The van der Waals surface area contributed by atoms with Gasteiger partial charge in [0, 0.05) is 25.3 Å². The molecule has 1 aliphatic heterocycles. The van der Waals surface area contributed by atoms with Gasteiger partial charge < -0.3 is 9.32 Å². The Morgan fingerprint density at radius 3 is 2.86 bits per heavy atom. The van der Waals surface area contributed by atoms with E-state index in [0.29, 0.717) is 29.0 Å². The first-order valence-electron chi connectivity index (χ1n) is 10.1. The van der Waals surface area contributed by atoms with Gasteiger partial charge in [-0.2, -0.15) is 5.10 Å². The summed E-state index contributed by atoms with van der Waals surface area (Å²) in [7, 11) is 0. The van der Waals surface area contributed by atoms with Crippen LogP contribution in [0.15, 0.2) is 41.3 Å². The van der Waals surface area contributed by atoms with Crippen molar-refractivity contribution in [1.82, 2.24) is 29.5 Å². The van der Waals surface area contributed by atoms with Crippen LogP contribution >= 0.6 is 0 Å². The Bertz CT molecular complexity index is 977. The summed E-state index contributed by atoms with van der Waals surface area (Å²) in [5.74, 6) is 1.10. The van der Waals surface area contributed by atoms with Crippen molar-refractivity contribution in [3.05, 3.63) is 48.1 Å². The second-order valence-electron chi connectivity index (χ2n) is 7.19. The van der Waals surface area contributed by atoms with Crippen molar-refractivity contribution in [1.29, 1.82) is 0 Å². The molecule has 8 heteroatoms. The SMILES string of the molecule is CCN(CC)[C@H]1CCN(C(=O)c2cnn(-c3nccc(-c4ccco4)n3)c2C)C1. The average Bonchev–Trinajstić information content (AvgIpc) is 3.50. The van der Waals surface area contributed by atoms with Gasteiger partial charge >= 0.3 is 0 Å². The Morgan fingerprint density at radius 1 is 1.31 bits per heavy atom. The number of hydrogen-bond acceptors (Lipinski definition) is 6. The zero-order valence-electron chi connectivity index (χ0n) is 17.1. The normalized spacial score (nSPS) is 16.7. The third kappa shape index (κ3) is 3.67. The van der Waals surface area contributed by atoms with Gasteiger partial charge in [-0.25, -0.2) is 14.6 Å². The van der Waals surface area contributed by atoms with Crippen molar-refractivity contribution in [2.45, 2.75) is 33.2 Å². The summed E-state index contributed by atoms with van der Waals surface area (Å²) in [5.41, 5.74) is 2.00. The first kappa shape index (κ1) is 19.3. The van der Waals surface area contributed by atoms with Gasteiger partial charge in [-0.05, 0) is 44.6 Å². The van der Waals surface area contributed by atoms with E-state index in [1.807, 2.05) is 24.0 Å². The quantitative estimate of drug-likeness (QED) is 0.640. The van der Waals surface area contributed by atoms with Crippen LogP contribution in [0, 0.1) is 6.92 Å². The van der Waals surface area contributed by atoms with Crippen LogP contribution in [0.5, 0.6) is 0 Å². The third-order valence-electron chi connectivity index (χ3n) is 5.63. The van der Waals surface area contributed by atoms with Crippen LogP contribution in [0.1, 0.15) is 36.3 Å². The number of furan rings is 1. The van der Waals surface area contributed by atoms with E-state index in [1.165, 1.54) is 0 Å². The number of aromatic nitrogens is 4. The Morgan fingerprint density at radius 2 is 2.14 bits per heavy atom. The van der Waals surface area contributed by atoms with Gasteiger partial charge in [-0.1, -0.05) is 13.8 Å². The molecule has 152 valence electrons. The molecule has 3 aromatic rings.